The molecule has 34 heavy (non-hydrogen) atoms. The highest BCUT2D eigenvalue weighted by Gasteiger charge is 2.35. The minimum absolute atomic E-state index is 0.0631. The number of amides is 2. The molecule has 0 saturated carbocycles. The predicted octanol–water partition coefficient (Wildman–Crippen LogP) is 3.95. The van der Waals surface area contributed by atoms with Gasteiger partial charge in [-0.1, -0.05) is 36.4 Å². The maximum absolute atomic E-state index is 12.8. The van der Waals surface area contributed by atoms with Crippen LogP contribution >= 0.6 is 0 Å². The minimum Gasteiger partial charge on any atom is -0.497 e. The zero-order valence-corrected chi connectivity index (χ0v) is 19.3. The van der Waals surface area contributed by atoms with Crippen molar-refractivity contribution in [2.45, 2.75) is 19.6 Å². The van der Waals surface area contributed by atoms with Gasteiger partial charge < -0.3 is 24.4 Å². The quantitative estimate of drug-likeness (QED) is 0.523. The summed E-state index contributed by atoms with van der Waals surface area (Å²) >= 11 is 0. The number of carbonyl (C=O) groups is 2. The number of rotatable bonds is 9. The van der Waals surface area contributed by atoms with Gasteiger partial charge in [0.05, 0.1) is 20.1 Å². The lowest BCUT2D eigenvalue weighted by atomic mass is 10.1. The van der Waals surface area contributed by atoms with Gasteiger partial charge in [0.1, 0.15) is 12.4 Å². The van der Waals surface area contributed by atoms with E-state index in [2.05, 4.69) is 5.32 Å². The van der Waals surface area contributed by atoms with E-state index in [1.165, 1.54) is 0 Å². The number of hydrogen-bond acceptors (Lipinski definition) is 5. The predicted molar refractivity (Wildman–Crippen MR) is 129 cm³/mol. The molecule has 3 aromatic rings. The molecule has 176 valence electrons. The van der Waals surface area contributed by atoms with Crippen LogP contribution in [0.15, 0.2) is 72.8 Å². The molecule has 1 aliphatic rings. The monoisotopic (exact) mass is 460 g/mol. The Balaban J connectivity index is 1.32. The normalized spacial score (nSPS) is 15.2. The average molecular weight is 461 g/mol. The molecule has 0 aliphatic carbocycles. The molecule has 0 bridgehead atoms. The average Bonchev–Trinajstić information content (AvgIpc) is 3.28. The smallest absolute Gasteiger partial charge is 0.227 e. The molecular formula is C27H28N2O5. The first kappa shape index (κ1) is 23.2. The highest BCUT2D eigenvalue weighted by molar-refractivity contribution is 6.00. The fourth-order valence-electron chi connectivity index (χ4n) is 3.90. The van der Waals surface area contributed by atoms with Crippen LogP contribution in [-0.4, -0.2) is 32.6 Å². The van der Waals surface area contributed by atoms with E-state index in [0.29, 0.717) is 31.2 Å². The molecule has 0 unspecified atom stereocenters. The number of carbonyl (C=O) groups excluding carboxylic acids is 2. The van der Waals surface area contributed by atoms with Crippen molar-refractivity contribution in [2.75, 3.05) is 25.7 Å². The summed E-state index contributed by atoms with van der Waals surface area (Å²) in [5.41, 5.74) is 2.71. The van der Waals surface area contributed by atoms with E-state index in [1.807, 2.05) is 60.7 Å². The van der Waals surface area contributed by atoms with Crippen LogP contribution in [0, 0.1) is 5.92 Å². The Bertz CT molecular complexity index is 1130. The van der Waals surface area contributed by atoms with Crippen molar-refractivity contribution in [1.82, 2.24) is 5.32 Å². The van der Waals surface area contributed by atoms with Crippen LogP contribution in [0.5, 0.6) is 17.2 Å². The van der Waals surface area contributed by atoms with Crippen LogP contribution in [0.1, 0.15) is 17.5 Å². The second-order valence-corrected chi connectivity index (χ2v) is 8.08. The Morgan fingerprint density at radius 1 is 0.941 bits per heavy atom. The van der Waals surface area contributed by atoms with Crippen LogP contribution in [0.25, 0.3) is 0 Å². The lowest BCUT2D eigenvalue weighted by Crippen LogP contribution is -2.32. The molecule has 7 nitrogen and oxygen atoms in total. The molecule has 1 saturated heterocycles. The van der Waals surface area contributed by atoms with E-state index in [-0.39, 0.29) is 18.2 Å². The number of hydrogen-bond donors (Lipinski definition) is 1. The summed E-state index contributed by atoms with van der Waals surface area (Å²) in [7, 11) is 3.18. The molecule has 2 amide bonds. The molecule has 0 aromatic heterocycles. The fourth-order valence-corrected chi connectivity index (χ4v) is 3.90. The number of nitrogens with one attached hydrogen (secondary N) is 1. The van der Waals surface area contributed by atoms with E-state index < -0.39 is 5.92 Å². The molecule has 1 N–H and O–H groups in total. The molecule has 7 heteroatoms. The number of nitrogens with zero attached hydrogens (tertiary/aromatic N) is 1. The fraction of sp³-hybridized carbons (Fsp3) is 0.259. The first-order valence-electron chi connectivity index (χ1n) is 11.1. The second-order valence-electron chi connectivity index (χ2n) is 8.08. The third-order valence-electron chi connectivity index (χ3n) is 5.81. The summed E-state index contributed by atoms with van der Waals surface area (Å²) < 4.78 is 16.5. The third-order valence-corrected chi connectivity index (χ3v) is 5.81. The molecule has 4 rings (SSSR count). The van der Waals surface area contributed by atoms with Crippen LogP contribution < -0.4 is 24.4 Å². The van der Waals surface area contributed by atoms with Gasteiger partial charge in [-0.15, -0.1) is 0 Å². The maximum atomic E-state index is 12.8. The lowest BCUT2D eigenvalue weighted by molar-refractivity contribution is -0.126. The Labute approximate surface area is 199 Å². The Kier molecular flexibility index (Phi) is 7.32. The van der Waals surface area contributed by atoms with E-state index in [1.54, 1.807) is 31.3 Å². The summed E-state index contributed by atoms with van der Waals surface area (Å²) in [5, 5.41) is 2.95. The van der Waals surface area contributed by atoms with E-state index in [4.69, 9.17) is 14.2 Å². The molecule has 1 heterocycles. The number of benzene rings is 3. The van der Waals surface area contributed by atoms with E-state index in [0.717, 1.165) is 22.6 Å². The van der Waals surface area contributed by atoms with Gasteiger partial charge in [0.25, 0.3) is 0 Å². The summed E-state index contributed by atoms with van der Waals surface area (Å²) in [5.74, 6) is 1.35. The van der Waals surface area contributed by atoms with Crippen LogP contribution in [-0.2, 0) is 22.7 Å². The van der Waals surface area contributed by atoms with Gasteiger partial charge in [-0.2, -0.15) is 0 Å². The topological polar surface area (TPSA) is 77.1 Å². The summed E-state index contributed by atoms with van der Waals surface area (Å²) in [6.45, 7) is 1.13. The van der Waals surface area contributed by atoms with Gasteiger partial charge in [0.2, 0.25) is 11.8 Å². The van der Waals surface area contributed by atoms with Gasteiger partial charge in [-0.05, 0) is 47.5 Å². The molecule has 0 radical (unpaired) electrons. The molecule has 1 atom stereocenters. The summed E-state index contributed by atoms with van der Waals surface area (Å²) in [6.07, 6.45) is 0.188. The van der Waals surface area contributed by atoms with Gasteiger partial charge in [0, 0.05) is 25.2 Å². The highest BCUT2D eigenvalue weighted by Crippen LogP contribution is 2.30. The zero-order valence-electron chi connectivity index (χ0n) is 19.3. The van der Waals surface area contributed by atoms with Crippen molar-refractivity contribution in [3.63, 3.8) is 0 Å². The largest absolute Gasteiger partial charge is 0.497 e. The van der Waals surface area contributed by atoms with Crippen molar-refractivity contribution in [3.8, 4) is 17.2 Å². The van der Waals surface area contributed by atoms with E-state index >= 15 is 0 Å². The molecular weight excluding hydrogens is 432 g/mol. The SMILES string of the molecule is COc1ccc(N2C[C@H](C(=O)NCc3ccc(OCc4ccccc4)c(OC)c3)CC2=O)cc1. The Morgan fingerprint density at radius 3 is 2.41 bits per heavy atom. The highest BCUT2D eigenvalue weighted by atomic mass is 16.5. The molecule has 0 spiro atoms. The number of ether oxygens (including phenoxy) is 3. The van der Waals surface area contributed by atoms with Crippen molar-refractivity contribution >= 4 is 17.5 Å². The minimum atomic E-state index is -0.398. The van der Waals surface area contributed by atoms with Gasteiger partial charge in [-0.3, -0.25) is 9.59 Å². The van der Waals surface area contributed by atoms with Crippen LogP contribution in [0.3, 0.4) is 0 Å². The third kappa shape index (κ3) is 5.49. The molecule has 3 aromatic carbocycles. The maximum Gasteiger partial charge on any atom is 0.227 e. The van der Waals surface area contributed by atoms with Crippen molar-refractivity contribution in [1.29, 1.82) is 0 Å². The number of methoxy groups -OCH3 is 2. The van der Waals surface area contributed by atoms with Crippen molar-refractivity contribution in [2.24, 2.45) is 5.92 Å². The molecule has 1 aliphatic heterocycles. The van der Waals surface area contributed by atoms with Gasteiger partial charge >= 0.3 is 0 Å². The first-order chi connectivity index (χ1) is 16.6. The molecule has 1 fully saturated rings. The van der Waals surface area contributed by atoms with Gasteiger partial charge in [-0.25, -0.2) is 0 Å². The number of anilines is 1. The van der Waals surface area contributed by atoms with Crippen molar-refractivity contribution in [3.05, 3.63) is 83.9 Å². The summed E-state index contributed by atoms with van der Waals surface area (Å²) in [4.78, 5) is 26.9. The first-order valence-corrected chi connectivity index (χ1v) is 11.1. The summed E-state index contributed by atoms with van der Waals surface area (Å²) in [6, 6.07) is 22.7. The Hall–Kier alpha value is -4.00. The van der Waals surface area contributed by atoms with E-state index in [9.17, 15) is 9.59 Å². The zero-order chi connectivity index (χ0) is 23.9. The van der Waals surface area contributed by atoms with Crippen molar-refractivity contribution < 1.29 is 23.8 Å². The van der Waals surface area contributed by atoms with Crippen LogP contribution in [0.4, 0.5) is 5.69 Å². The van der Waals surface area contributed by atoms with Crippen LogP contribution in [0.2, 0.25) is 0 Å². The van der Waals surface area contributed by atoms with Gasteiger partial charge in [0.15, 0.2) is 11.5 Å². The second kappa shape index (κ2) is 10.7. The lowest BCUT2D eigenvalue weighted by Gasteiger charge is -2.17. The standard InChI is InChI=1S/C27H28N2O5/c1-32-23-11-9-22(10-12-23)29-17-21(15-26(29)30)27(31)28-16-20-8-13-24(25(14-20)33-2)34-18-19-6-4-3-5-7-19/h3-14,21H,15-18H2,1-2H3,(H,28,31)/t21-/m1/s1. The Morgan fingerprint density at radius 2 is 1.71 bits per heavy atom.